The summed E-state index contributed by atoms with van der Waals surface area (Å²) in [7, 11) is 0. The average Bonchev–Trinajstić information content (AvgIpc) is 2.62. The second kappa shape index (κ2) is 7.18. The molecule has 0 spiro atoms. The fourth-order valence-corrected chi connectivity index (χ4v) is 3.14. The number of anilines is 2. The number of carbonyl (C=O) groups excluding carboxylic acids is 1. The van der Waals surface area contributed by atoms with E-state index in [4.69, 9.17) is 9.47 Å². The van der Waals surface area contributed by atoms with Crippen LogP contribution < -0.4 is 9.64 Å². The zero-order chi connectivity index (χ0) is 17.9. The highest BCUT2D eigenvalue weighted by atomic mass is 16.6. The summed E-state index contributed by atoms with van der Waals surface area (Å²) in [5, 5.41) is 0. The molecule has 1 heterocycles. The van der Waals surface area contributed by atoms with Crippen molar-refractivity contribution >= 4 is 17.3 Å². The Morgan fingerprint density at radius 2 is 1.84 bits per heavy atom. The van der Waals surface area contributed by atoms with Crippen molar-refractivity contribution in [2.24, 2.45) is 0 Å². The van der Waals surface area contributed by atoms with E-state index < -0.39 is 5.60 Å². The number of carbonyl (C=O) groups is 1. The molecule has 0 fully saturated rings. The number of hydrogen-bond donors (Lipinski definition) is 0. The van der Waals surface area contributed by atoms with Gasteiger partial charge in [0.05, 0.1) is 6.61 Å². The Labute approximate surface area is 149 Å². The van der Waals surface area contributed by atoms with Gasteiger partial charge in [0, 0.05) is 17.9 Å². The summed E-state index contributed by atoms with van der Waals surface area (Å²) < 4.78 is 10.9. The maximum Gasteiger partial charge on any atom is 0.349 e. The summed E-state index contributed by atoms with van der Waals surface area (Å²) in [4.78, 5) is 14.3. The van der Waals surface area contributed by atoms with Gasteiger partial charge in [0.2, 0.25) is 0 Å². The zero-order valence-corrected chi connectivity index (χ0v) is 15.1. The van der Waals surface area contributed by atoms with Gasteiger partial charge in [0.25, 0.3) is 0 Å². The number of fused-ring (bicyclic) bond motifs is 1. The first kappa shape index (κ1) is 17.3. The Hall–Kier alpha value is -2.49. The molecule has 0 unspecified atom stereocenters. The summed E-state index contributed by atoms with van der Waals surface area (Å²) in [6.45, 7) is 6.59. The third kappa shape index (κ3) is 3.78. The first-order valence-electron chi connectivity index (χ1n) is 8.83. The largest absolute Gasteiger partial charge is 0.476 e. The Balaban J connectivity index is 1.76. The number of para-hydroxylation sites is 1. The lowest BCUT2D eigenvalue weighted by molar-refractivity contribution is -0.158. The second-order valence-electron chi connectivity index (χ2n) is 6.71. The minimum atomic E-state index is -1.00. The van der Waals surface area contributed by atoms with E-state index in [1.165, 1.54) is 11.3 Å². The summed E-state index contributed by atoms with van der Waals surface area (Å²) in [5.41, 5.74) is 2.79. The van der Waals surface area contributed by atoms with Gasteiger partial charge in [-0.15, -0.1) is 0 Å². The molecule has 2 aromatic carbocycles. The molecule has 0 aliphatic carbocycles. The van der Waals surface area contributed by atoms with E-state index in [0.29, 0.717) is 12.4 Å². The molecular formula is C21H25NO3. The summed E-state index contributed by atoms with van der Waals surface area (Å²) in [5.74, 6) is 0.302. The van der Waals surface area contributed by atoms with E-state index in [9.17, 15) is 4.79 Å². The molecule has 1 aliphatic rings. The molecule has 1 aliphatic heterocycles. The number of hydrogen-bond acceptors (Lipinski definition) is 4. The minimum absolute atomic E-state index is 0.346. The molecule has 0 N–H and O–H groups in total. The SMILES string of the molecule is CCOC(=O)C(C)(C)Oc1ccc(N2CCCc3ccccc32)cc1. The Kier molecular flexibility index (Phi) is 4.98. The predicted molar refractivity (Wildman–Crippen MR) is 99.6 cm³/mol. The highest BCUT2D eigenvalue weighted by Gasteiger charge is 2.31. The molecule has 0 aromatic heterocycles. The summed E-state index contributed by atoms with van der Waals surface area (Å²) >= 11 is 0. The van der Waals surface area contributed by atoms with Crippen molar-refractivity contribution in [3.05, 3.63) is 54.1 Å². The van der Waals surface area contributed by atoms with Crippen molar-refractivity contribution in [2.75, 3.05) is 18.1 Å². The third-order valence-electron chi connectivity index (χ3n) is 4.40. The lowest BCUT2D eigenvalue weighted by Crippen LogP contribution is -2.39. The van der Waals surface area contributed by atoms with E-state index in [-0.39, 0.29) is 5.97 Å². The van der Waals surface area contributed by atoms with E-state index in [1.54, 1.807) is 20.8 Å². The number of aryl methyl sites for hydroxylation is 1. The highest BCUT2D eigenvalue weighted by Crippen LogP contribution is 2.34. The molecular weight excluding hydrogens is 314 g/mol. The quantitative estimate of drug-likeness (QED) is 0.752. The van der Waals surface area contributed by atoms with Gasteiger partial charge in [-0.2, -0.15) is 0 Å². The topological polar surface area (TPSA) is 38.8 Å². The number of rotatable bonds is 5. The monoisotopic (exact) mass is 339 g/mol. The van der Waals surface area contributed by atoms with Crippen LogP contribution in [0.5, 0.6) is 5.75 Å². The van der Waals surface area contributed by atoms with Crippen molar-refractivity contribution < 1.29 is 14.3 Å². The summed E-state index contributed by atoms with van der Waals surface area (Å²) in [6.07, 6.45) is 2.27. The van der Waals surface area contributed by atoms with Gasteiger partial charge < -0.3 is 14.4 Å². The molecule has 0 radical (unpaired) electrons. The normalized spacial score (nSPS) is 14.0. The van der Waals surface area contributed by atoms with Gasteiger partial charge in [-0.05, 0) is 69.5 Å². The second-order valence-corrected chi connectivity index (χ2v) is 6.71. The third-order valence-corrected chi connectivity index (χ3v) is 4.40. The molecule has 2 aromatic rings. The van der Waals surface area contributed by atoms with Crippen LogP contribution in [0, 0.1) is 0 Å². The van der Waals surface area contributed by atoms with E-state index in [0.717, 1.165) is 25.1 Å². The van der Waals surface area contributed by atoms with Crippen LogP contribution in [-0.4, -0.2) is 24.7 Å². The molecule has 3 rings (SSSR count). The van der Waals surface area contributed by atoms with Crippen LogP contribution in [-0.2, 0) is 16.0 Å². The van der Waals surface area contributed by atoms with Gasteiger partial charge in [0.1, 0.15) is 5.75 Å². The van der Waals surface area contributed by atoms with Gasteiger partial charge in [0.15, 0.2) is 5.60 Å². The van der Waals surface area contributed by atoms with Crippen molar-refractivity contribution in [2.45, 2.75) is 39.2 Å². The Morgan fingerprint density at radius 3 is 2.56 bits per heavy atom. The molecule has 4 nitrogen and oxygen atoms in total. The Morgan fingerprint density at radius 1 is 1.12 bits per heavy atom. The Bertz CT molecular complexity index is 737. The molecule has 0 amide bonds. The van der Waals surface area contributed by atoms with Crippen LogP contribution in [0.4, 0.5) is 11.4 Å². The fraction of sp³-hybridized carbons (Fsp3) is 0.381. The van der Waals surface area contributed by atoms with Crippen molar-refractivity contribution in [1.82, 2.24) is 0 Å². The van der Waals surface area contributed by atoms with Gasteiger partial charge in [-0.3, -0.25) is 0 Å². The lowest BCUT2D eigenvalue weighted by atomic mass is 10.0. The zero-order valence-electron chi connectivity index (χ0n) is 15.1. The van der Waals surface area contributed by atoms with E-state index in [2.05, 4.69) is 29.2 Å². The van der Waals surface area contributed by atoms with Crippen LogP contribution in [0.2, 0.25) is 0 Å². The van der Waals surface area contributed by atoms with Crippen LogP contribution >= 0.6 is 0 Å². The smallest absolute Gasteiger partial charge is 0.349 e. The number of benzene rings is 2. The van der Waals surface area contributed by atoms with Gasteiger partial charge in [-0.1, -0.05) is 18.2 Å². The molecule has 0 saturated heterocycles. The van der Waals surface area contributed by atoms with Crippen LogP contribution in [0.3, 0.4) is 0 Å². The molecule has 0 atom stereocenters. The first-order chi connectivity index (χ1) is 12.0. The summed E-state index contributed by atoms with van der Waals surface area (Å²) in [6, 6.07) is 16.4. The van der Waals surface area contributed by atoms with Crippen LogP contribution in [0.1, 0.15) is 32.8 Å². The highest BCUT2D eigenvalue weighted by molar-refractivity contribution is 5.79. The molecule has 25 heavy (non-hydrogen) atoms. The molecule has 4 heteroatoms. The fourth-order valence-electron chi connectivity index (χ4n) is 3.14. The van der Waals surface area contributed by atoms with Crippen LogP contribution in [0.25, 0.3) is 0 Å². The predicted octanol–water partition coefficient (Wildman–Crippen LogP) is 4.49. The minimum Gasteiger partial charge on any atom is -0.476 e. The molecule has 0 saturated carbocycles. The van der Waals surface area contributed by atoms with Crippen molar-refractivity contribution in [3.8, 4) is 5.75 Å². The van der Waals surface area contributed by atoms with E-state index >= 15 is 0 Å². The van der Waals surface area contributed by atoms with Gasteiger partial charge in [-0.25, -0.2) is 4.79 Å². The van der Waals surface area contributed by atoms with E-state index in [1.807, 2.05) is 24.3 Å². The molecule has 132 valence electrons. The molecule has 0 bridgehead atoms. The first-order valence-corrected chi connectivity index (χ1v) is 8.83. The lowest BCUT2D eigenvalue weighted by Gasteiger charge is -2.31. The van der Waals surface area contributed by atoms with Crippen molar-refractivity contribution in [3.63, 3.8) is 0 Å². The maximum absolute atomic E-state index is 12.0. The van der Waals surface area contributed by atoms with Gasteiger partial charge >= 0.3 is 5.97 Å². The average molecular weight is 339 g/mol. The maximum atomic E-state index is 12.0. The number of ether oxygens (including phenoxy) is 2. The number of nitrogens with zero attached hydrogens (tertiary/aromatic N) is 1. The standard InChI is InChI=1S/C21H25NO3/c1-4-24-20(23)21(2,3)25-18-13-11-17(12-14-18)22-15-7-9-16-8-5-6-10-19(16)22/h5-6,8,10-14H,4,7,9,15H2,1-3H3. The number of esters is 1. The van der Waals surface area contributed by atoms with Crippen molar-refractivity contribution in [1.29, 1.82) is 0 Å². The van der Waals surface area contributed by atoms with Crippen LogP contribution in [0.15, 0.2) is 48.5 Å².